The van der Waals surface area contributed by atoms with E-state index < -0.39 is 5.97 Å². The molecule has 17 heavy (non-hydrogen) atoms. The first-order chi connectivity index (χ1) is 8.08. The summed E-state index contributed by atoms with van der Waals surface area (Å²) in [6, 6.07) is 3.04. The van der Waals surface area contributed by atoms with E-state index >= 15 is 0 Å². The number of benzene rings is 1. The number of hydrogen-bond acceptors (Lipinski definition) is 4. The molecule has 0 aliphatic rings. The molecular weight excluding hydrogens is 267 g/mol. The maximum Gasteiger partial charge on any atom is 0.344 e. The Labute approximate surface area is 109 Å². The van der Waals surface area contributed by atoms with Crippen molar-refractivity contribution in [2.24, 2.45) is 0 Å². The van der Waals surface area contributed by atoms with E-state index in [1.807, 2.05) is 0 Å². The lowest BCUT2D eigenvalue weighted by Gasteiger charge is -2.10. The van der Waals surface area contributed by atoms with E-state index in [2.05, 4.69) is 0 Å². The number of aliphatic hydroxyl groups excluding tert-OH is 1. The molecule has 0 heterocycles. The molecule has 1 aromatic rings. The fourth-order valence-corrected chi connectivity index (χ4v) is 1.82. The minimum atomic E-state index is -0.495. The lowest BCUT2D eigenvalue weighted by Crippen LogP contribution is -2.14. The summed E-state index contributed by atoms with van der Waals surface area (Å²) in [5.74, 6) is -0.288. The quantitative estimate of drug-likeness (QED) is 0.841. The van der Waals surface area contributed by atoms with Gasteiger partial charge in [-0.25, -0.2) is 4.79 Å². The van der Waals surface area contributed by atoms with Gasteiger partial charge in [0.25, 0.3) is 0 Å². The summed E-state index contributed by atoms with van der Waals surface area (Å²) in [5, 5.41) is 9.42. The Morgan fingerprint density at radius 1 is 1.35 bits per heavy atom. The third kappa shape index (κ3) is 4.07. The van der Waals surface area contributed by atoms with E-state index in [0.29, 0.717) is 5.56 Å². The highest BCUT2D eigenvalue weighted by atomic mass is 35.5. The van der Waals surface area contributed by atoms with Crippen LogP contribution in [-0.2, 0) is 16.1 Å². The molecule has 0 unspecified atom stereocenters. The molecule has 0 spiro atoms. The second-order valence-corrected chi connectivity index (χ2v) is 3.95. The predicted molar refractivity (Wildman–Crippen MR) is 64.5 cm³/mol. The molecule has 0 saturated heterocycles. The molecule has 0 amide bonds. The lowest BCUT2D eigenvalue weighted by atomic mass is 10.2. The van der Waals surface area contributed by atoms with Crippen LogP contribution in [0.25, 0.3) is 0 Å². The monoisotopic (exact) mass is 278 g/mol. The van der Waals surface area contributed by atoms with Gasteiger partial charge in [-0.1, -0.05) is 23.2 Å². The van der Waals surface area contributed by atoms with Gasteiger partial charge in [-0.05, 0) is 24.6 Å². The second-order valence-electron chi connectivity index (χ2n) is 3.14. The number of rotatable bonds is 5. The standard InChI is InChI=1S/C11H12Cl2O4/c1-2-16-10(15)6-17-11-8(12)3-7(5-14)4-9(11)13/h3-4,14H,2,5-6H2,1H3. The first-order valence-electron chi connectivity index (χ1n) is 4.95. The van der Waals surface area contributed by atoms with Crippen molar-refractivity contribution >= 4 is 29.2 Å². The second kappa shape index (κ2) is 6.69. The van der Waals surface area contributed by atoms with Crippen molar-refractivity contribution in [3.8, 4) is 5.75 Å². The number of halogens is 2. The predicted octanol–water partition coefficient (Wildman–Crippen LogP) is 2.43. The van der Waals surface area contributed by atoms with E-state index in [1.54, 1.807) is 6.92 Å². The van der Waals surface area contributed by atoms with Gasteiger partial charge in [-0.2, -0.15) is 0 Å². The van der Waals surface area contributed by atoms with Crippen molar-refractivity contribution in [1.29, 1.82) is 0 Å². The topological polar surface area (TPSA) is 55.8 Å². The van der Waals surface area contributed by atoms with Crippen molar-refractivity contribution in [3.63, 3.8) is 0 Å². The minimum absolute atomic E-state index is 0.169. The third-order valence-corrected chi connectivity index (χ3v) is 2.44. The van der Waals surface area contributed by atoms with Gasteiger partial charge in [-0.15, -0.1) is 0 Å². The summed E-state index contributed by atoms with van der Waals surface area (Å²) in [6.45, 7) is 1.56. The molecule has 0 bridgehead atoms. The molecule has 4 nitrogen and oxygen atoms in total. The van der Waals surface area contributed by atoms with E-state index in [4.69, 9.17) is 37.8 Å². The highest BCUT2D eigenvalue weighted by Gasteiger charge is 2.11. The zero-order valence-electron chi connectivity index (χ0n) is 9.20. The molecule has 0 atom stereocenters. The van der Waals surface area contributed by atoms with Gasteiger partial charge in [0.05, 0.1) is 23.3 Å². The highest BCUT2D eigenvalue weighted by Crippen LogP contribution is 2.34. The van der Waals surface area contributed by atoms with Crippen molar-refractivity contribution in [2.45, 2.75) is 13.5 Å². The normalized spacial score (nSPS) is 10.1. The molecule has 0 aliphatic carbocycles. The molecule has 1 N–H and O–H groups in total. The van der Waals surface area contributed by atoms with Crippen LogP contribution in [0.1, 0.15) is 12.5 Å². The summed E-state index contributed by atoms with van der Waals surface area (Å²) >= 11 is 11.8. The maximum atomic E-state index is 11.1. The number of ether oxygens (including phenoxy) is 2. The first kappa shape index (κ1) is 14.1. The SMILES string of the molecule is CCOC(=O)COc1c(Cl)cc(CO)cc1Cl. The molecular formula is C11H12Cl2O4. The van der Waals surface area contributed by atoms with Gasteiger partial charge in [0.1, 0.15) is 0 Å². The molecule has 94 valence electrons. The molecule has 1 aromatic carbocycles. The number of aliphatic hydroxyl groups is 1. The van der Waals surface area contributed by atoms with Crippen molar-refractivity contribution in [2.75, 3.05) is 13.2 Å². The summed E-state index contributed by atoms with van der Waals surface area (Å²) in [7, 11) is 0. The summed E-state index contributed by atoms with van der Waals surface area (Å²) in [6.07, 6.45) is 0. The average Bonchev–Trinajstić information content (AvgIpc) is 2.28. The average molecular weight is 279 g/mol. The largest absolute Gasteiger partial charge is 0.479 e. The van der Waals surface area contributed by atoms with Crippen molar-refractivity contribution in [1.82, 2.24) is 0 Å². The third-order valence-electron chi connectivity index (χ3n) is 1.88. The number of carbonyl (C=O) groups excluding carboxylic acids is 1. The fourth-order valence-electron chi connectivity index (χ4n) is 1.18. The molecule has 0 saturated carbocycles. The Balaban J connectivity index is 2.74. The van der Waals surface area contributed by atoms with Gasteiger partial charge in [0.2, 0.25) is 0 Å². The minimum Gasteiger partial charge on any atom is -0.479 e. The Morgan fingerprint density at radius 3 is 2.41 bits per heavy atom. The van der Waals surface area contributed by atoms with Gasteiger partial charge >= 0.3 is 5.97 Å². The van der Waals surface area contributed by atoms with Crippen LogP contribution in [-0.4, -0.2) is 24.3 Å². The van der Waals surface area contributed by atoms with E-state index in [1.165, 1.54) is 12.1 Å². The van der Waals surface area contributed by atoms with Crippen LogP contribution in [0.5, 0.6) is 5.75 Å². The number of esters is 1. The summed E-state index contributed by atoms with van der Waals surface area (Å²) in [4.78, 5) is 11.1. The van der Waals surface area contributed by atoms with Crippen molar-refractivity contribution < 1.29 is 19.4 Å². The van der Waals surface area contributed by atoms with E-state index in [0.717, 1.165) is 0 Å². The number of carbonyl (C=O) groups is 1. The Bertz CT molecular complexity index is 383. The first-order valence-corrected chi connectivity index (χ1v) is 5.71. The van der Waals surface area contributed by atoms with E-state index in [-0.39, 0.29) is 35.6 Å². The van der Waals surface area contributed by atoms with Crippen LogP contribution in [0.4, 0.5) is 0 Å². The summed E-state index contributed by atoms with van der Waals surface area (Å²) < 4.78 is 9.86. The van der Waals surface area contributed by atoms with Crippen LogP contribution in [0.2, 0.25) is 10.0 Å². The molecule has 0 aliphatic heterocycles. The molecule has 0 radical (unpaired) electrons. The Kier molecular flexibility index (Phi) is 5.55. The molecule has 6 heteroatoms. The number of hydrogen-bond donors (Lipinski definition) is 1. The van der Waals surface area contributed by atoms with Gasteiger partial charge in [0, 0.05) is 0 Å². The Morgan fingerprint density at radius 2 is 1.94 bits per heavy atom. The Hall–Kier alpha value is -0.970. The highest BCUT2D eigenvalue weighted by molar-refractivity contribution is 6.37. The van der Waals surface area contributed by atoms with Gasteiger partial charge in [-0.3, -0.25) is 0 Å². The van der Waals surface area contributed by atoms with Crippen LogP contribution in [0, 0.1) is 0 Å². The van der Waals surface area contributed by atoms with Crippen molar-refractivity contribution in [3.05, 3.63) is 27.7 Å². The lowest BCUT2D eigenvalue weighted by molar-refractivity contribution is -0.145. The maximum absolute atomic E-state index is 11.1. The molecule has 0 fully saturated rings. The fraction of sp³-hybridized carbons (Fsp3) is 0.364. The van der Waals surface area contributed by atoms with Crippen LogP contribution >= 0.6 is 23.2 Å². The van der Waals surface area contributed by atoms with Crippen LogP contribution in [0.15, 0.2) is 12.1 Å². The van der Waals surface area contributed by atoms with E-state index in [9.17, 15) is 4.79 Å². The van der Waals surface area contributed by atoms with Gasteiger partial charge < -0.3 is 14.6 Å². The zero-order valence-corrected chi connectivity index (χ0v) is 10.7. The summed E-state index contributed by atoms with van der Waals surface area (Å²) in [5.41, 5.74) is 0.573. The van der Waals surface area contributed by atoms with Crippen LogP contribution in [0.3, 0.4) is 0 Å². The van der Waals surface area contributed by atoms with Crippen LogP contribution < -0.4 is 4.74 Å². The molecule has 1 rings (SSSR count). The zero-order chi connectivity index (χ0) is 12.8. The van der Waals surface area contributed by atoms with Gasteiger partial charge in [0.15, 0.2) is 12.4 Å². The smallest absolute Gasteiger partial charge is 0.344 e. The molecule has 0 aromatic heterocycles.